The Labute approximate surface area is 130 Å². The van der Waals surface area contributed by atoms with Crippen molar-refractivity contribution >= 4 is 11.6 Å². The molecular formula is C17H20ClFN2. The van der Waals surface area contributed by atoms with Gasteiger partial charge in [-0.05, 0) is 43.4 Å². The fourth-order valence-electron chi connectivity index (χ4n) is 2.42. The summed E-state index contributed by atoms with van der Waals surface area (Å²) in [4.78, 5) is 0. The van der Waals surface area contributed by atoms with Gasteiger partial charge in [0.2, 0.25) is 0 Å². The molecule has 4 heteroatoms. The summed E-state index contributed by atoms with van der Waals surface area (Å²) in [7, 11) is 0. The molecule has 0 aliphatic rings. The molecule has 0 amide bonds. The van der Waals surface area contributed by atoms with Crippen molar-refractivity contribution in [3.63, 3.8) is 0 Å². The summed E-state index contributed by atoms with van der Waals surface area (Å²) in [6.07, 6.45) is 2.40. The Morgan fingerprint density at radius 1 is 1.24 bits per heavy atom. The zero-order valence-corrected chi connectivity index (χ0v) is 12.8. The van der Waals surface area contributed by atoms with Crippen LogP contribution in [0.3, 0.4) is 0 Å². The molecule has 112 valence electrons. The molecule has 0 aromatic heterocycles. The lowest BCUT2D eigenvalue weighted by atomic mass is 9.98. The lowest BCUT2D eigenvalue weighted by Gasteiger charge is -2.17. The Bertz CT molecular complexity index is 601. The molecule has 2 rings (SSSR count). The fourth-order valence-corrected chi connectivity index (χ4v) is 2.63. The molecule has 3 N–H and O–H groups in total. The summed E-state index contributed by atoms with van der Waals surface area (Å²) < 4.78 is 13.4. The monoisotopic (exact) mass is 306 g/mol. The minimum atomic E-state index is -0.386. The van der Waals surface area contributed by atoms with Crippen LogP contribution in [0.4, 0.5) is 4.39 Å². The van der Waals surface area contributed by atoms with Crippen molar-refractivity contribution in [2.45, 2.75) is 32.2 Å². The average Bonchev–Trinajstić information content (AvgIpc) is 2.48. The van der Waals surface area contributed by atoms with E-state index < -0.39 is 0 Å². The maximum absolute atomic E-state index is 13.4. The molecular weight excluding hydrogens is 287 g/mol. The van der Waals surface area contributed by atoms with Gasteiger partial charge in [0.25, 0.3) is 0 Å². The number of aryl methyl sites for hydroxylation is 2. The van der Waals surface area contributed by atoms with Gasteiger partial charge in [-0.3, -0.25) is 11.3 Å². The second kappa shape index (κ2) is 7.55. The van der Waals surface area contributed by atoms with Crippen LogP contribution in [-0.2, 0) is 12.8 Å². The van der Waals surface area contributed by atoms with Crippen molar-refractivity contribution < 1.29 is 4.39 Å². The van der Waals surface area contributed by atoms with Crippen LogP contribution in [0, 0.1) is 12.7 Å². The normalized spacial score (nSPS) is 12.4. The van der Waals surface area contributed by atoms with Gasteiger partial charge in [-0.2, -0.15) is 0 Å². The highest BCUT2D eigenvalue weighted by atomic mass is 35.5. The van der Waals surface area contributed by atoms with Crippen LogP contribution in [0.25, 0.3) is 0 Å². The van der Waals surface area contributed by atoms with E-state index in [1.54, 1.807) is 6.07 Å². The first-order chi connectivity index (χ1) is 10.1. The van der Waals surface area contributed by atoms with Crippen LogP contribution < -0.4 is 11.3 Å². The number of hydrogen-bond donors (Lipinski definition) is 2. The van der Waals surface area contributed by atoms with E-state index in [1.807, 2.05) is 6.07 Å². The number of nitrogens with two attached hydrogens (primary N) is 1. The predicted octanol–water partition coefficient (Wildman–Crippen LogP) is 3.79. The smallest absolute Gasteiger partial charge is 0.142 e. The topological polar surface area (TPSA) is 38.0 Å². The zero-order chi connectivity index (χ0) is 15.2. The van der Waals surface area contributed by atoms with Crippen LogP contribution in [-0.4, -0.2) is 6.04 Å². The van der Waals surface area contributed by atoms with Gasteiger partial charge >= 0.3 is 0 Å². The SMILES string of the molecule is Cc1cccc(CCC(Cc2cccc(F)c2Cl)NN)c1. The van der Waals surface area contributed by atoms with Gasteiger partial charge in [0, 0.05) is 6.04 Å². The Morgan fingerprint density at radius 2 is 2.00 bits per heavy atom. The Morgan fingerprint density at radius 3 is 2.71 bits per heavy atom. The summed E-state index contributed by atoms with van der Waals surface area (Å²) in [6.45, 7) is 2.08. The Kier molecular flexibility index (Phi) is 5.74. The van der Waals surface area contributed by atoms with Gasteiger partial charge in [0.15, 0.2) is 0 Å². The highest BCUT2D eigenvalue weighted by molar-refractivity contribution is 6.31. The summed E-state index contributed by atoms with van der Waals surface area (Å²) in [6, 6.07) is 13.3. The third kappa shape index (κ3) is 4.53. The molecule has 0 aliphatic heterocycles. The maximum atomic E-state index is 13.4. The number of benzene rings is 2. The van der Waals surface area contributed by atoms with E-state index in [-0.39, 0.29) is 16.9 Å². The highest BCUT2D eigenvalue weighted by Gasteiger charge is 2.12. The molecule has 0 saturated carbocycles. The molecule has 1 atom stereocenters. The number of halogens is 2. The molecule has 2 aromatic carbocycles. The predicted molar refractivity (Wildman–Crippen MR) is 85.7 cm³/mol. The number of hydrazine groups is 1. The van der Waals surface area contributed by atoms with E-state index in [1.165, 1.54) is 17.2 Å². The number of hydrogen-bond acceptors (Lipinski definition) is 2. The molecule has 21 heavy (non-hydrogen) atoms. The van der Waals surface area contributed by atoms with Crippen LogP contribution in [0.5, 0.6) is 0 Å². The molecule has 0 aliphatic carbocycles. The third-order valence-electron chi connectivity index (χ3n) is 3.60. The first-order valence-corrected chi connectivity index (χ1v) is 7.42. The second-order valence-electron chi connectivity index (χ2n) is 5.31. The Balaban J connectivity index is 1.99. The highest BCUT2D eigenvalue weighted by Crippen LogP contribution is 2.22. The zero-order valence-electron chi connectivity index (χ0n) is 12.1. The van der Waals surface area contributed by atoms with E-state index >= 15 is 0 Å². The molecule has 1 unspecified atom stereocenters. The first kappa shape index (κ1) is 16.0. The van der Waals surface area contributed by atoms with Crippen molar-refractivity contribution in [3.8, 4) is 0 Å². The van der Waals surface area contributed by atoms with Gasteiger partial charge in [-0.25, -0.2) is 4.39 Å². The van der Waals surface area contributed by atoms with E-state index in [0.717, 1.165) is 18.4 Å². The lowest BCUT2D eigenvalue weighted by Crippen LogP contribution is -2.37. The Hall–Kier alpha value is -1.42. The third-order valence-corrected chi connectivity index (χ3v) is 4.02. The summed E-state index contributed by atoms with van der Waals surface area (Å²) in [5.74, 6) is 5.23. The number of nitrogens with one attached hydrogen (secondary N) is 1. The quantitative estimate of drug-likeness (QED) is 0.629. The molecule has 0 spiro atoms. The van der Waals surface area contributed by atoms with Crippen LogP contribution in [0.2, 0.25) is 5.02 Å². The first-order valence-electron chi connectivity index (χ1n) is 7.04. The van der Waals surface area contributed by atoms with E-state index in [4.69, 9.17) is 17.4 Å². The second-order valence-corrected chi connectivity index (χ2v) is 5.69. The van der Waals surface area contributed by atoms with E-state index in [9.17, 15) is 4.39 Å². The summed E-state index contributed by atoms with van der Waals surface area (Å²) in [5, 5.41) is 0.188. The largest absolute Gasteiger partial charge is 0.271 e. The lowest BCUT2D eigenvalue weighted by molar-refractivity contribution is 0.490. The fraction of sp³-hybridized carbons (Fsp3) is 0.294. The summed E-state index contributed by atoms with van der Waals surface area (Å²) >= 11 is 5.99. The number of rotatable bonds is 6. The van der Waals surface area contributed by atoms with Gasteiger partial charge in [0.1, 0.15) is 5.82 Å². The molecule has 0 saturated heterocycles. The van der Waals surface area contributed by atoms with Crippen molar-refractivity contribution in [1.82, 2.24) is 5.43 Å². The van der Waals surface area contributed by atoms with Gasteiger partial charge in [-0.1, -0.05) is 53.6 Å². The maximum Gasteiger partial charge on any atom is 0.142 e. The van der Waals surface area contributed by atoms with Crippen LogP contribution in [0.15, 0.2) is 42.5 Å². The molecule has 2 aromatic rings. The minimum absolute atomic E-state index is 0.0600. The van der Waals surface area contributed by atoms with Gasteiger partial charge in [0.05, 0.1) is 5.02 Å². The average molecular weight is 307 g/mol. The minimum Gasteiger partial charge on any atom is -0.271 e. The van der Waals surface area contributed by atoms with E-state index in [2.05, 4.69) is 36.6 Å². The van der Waals surface area contributed by atoms with Crippen molar-refractivity contribution in [1.29, 1.82) is 0 Å². The molecule has 2 nitrogen and oxygen atoms in total. The van der Waals surface area contributed by atoms with Crippen molar-refractivity contribution in [2.24, 2.45) is 5.84 Å². The van der Waals surface area contributed by atoms with Crippen LogP contribution >= 0.6 is 11.6 Å². The summed E-state index contributed by atoms with van der Waals surface area (Å²) in [5.41, 5.74) is 6.11. The molecule has 0 bridgehead atoms. The van der Waals surface area contributed by atoms with Gasteiger partial charge in [-0.15, -0.1) is 0 Å². The van der Waals surface area contributed by atoms with Crippen molar-refractivity contribution in [2.75, 3.05) is 0 Å². The van der Waals surface area contributed by atoms with Crippen LogP contribution in [0.1, 0.15) is 23.1 Å². The molecule has 0 radical (unpaired) electrons. The standard InChI is InChI=1S/C17H20ClFN2/c1-12-4-2-5-13(10-12)8-9-15(21-20)11-14-6-3-7-16(19)17(14)18/h2-7,10,15,21H,8-9,11,20H2,1H3. The van der Waals surface area contributed by atoms with E-state index in [0.29, 0.717) is 6.42 Å². The van der Waals surface area contributed by atoms with Gasteiger partial charge < -0.3 is 0 Å². The molecule has 0 fully saturated rings. The van der Waals surface area contributed by atoms with Crippen molar-refractivity contribution in [3.05, 3.63) is 70.0 Å². The molecule has 0 heterocycles.